The summed E-state index contributed by atoms with van der Waals surface area (Å²) in [5.41, 5.74) is 7.49. The first-order chi connectivity index (χ1) is 9.38. The third kappa shape index (κ3) is 4.52. The molecule has 4 N–H and O–H groups in total. The molecule has 0 aliphatic heterocycles. The van der Waals surface area contributed by atoms with Gasteiger partial charge in [0.05, 0.1) is 5.69 Å². The first-order valence-corrected chi connectivity index (χ1v) is 6.99. The molecular weight excluding hydrogens is 256 g/mol. The van der Waals surface area contributed by atoms with Crippen molar-refractivity contribution < 1.29 is 9.73 Å². The molecule has 0 bridgehead atoms. The molecule has 0 fully saturated rings. The van der Waals surface area contributed by atoms with Gasteiger partial charge in [0.15, 0.2) is 0 Å². The zero-order chi connectivity index (χ0) is 15.2. The zero-order valence-electron chi connectivity index (χ0n) is 12.9. The van der Waals surface area contributed by atoms with Gasteiger partial charge in [-0.3, -0.25) is 0 Å². The average Bonchev–Trinajstić information content (AvgIpc) is 2.72. The van der Waals surface area contributed by atoms with Gasteiger partial charge in [-0.2, -0.15) is 0 Å². The van der Waals surface area contributed by atoms with E-state index in [2.05, 4.69) is 15.6 Å². The Morgan fingerprint density at radius 1 is 1.40 bits per heavy atom. The van der Waals surface area contributed by atoms with Crippen LogP contribution in [0.25, 0.3) is 0 Å². The summed E-state index contributed by atoms with van der Waals surface area (Å²) in [6.07, 6.45) is 2.97. The van der Waals surface area contributed by atoms with E-state index >= 15 is 0 Å². The summed E-state index contributed by atoms with van der Waals surface area (Å²) in [5.74, 6) is 1.17. The summed E-state index contributed by atoms with van der Waals surface area (Å²) in [4.78, 5) is 0. The maximum Gasteiger partial charge on any atom is 0.144 e. The standard InChI is InChI=1S/C14H26N4O2/c1-10-12(11(2)20-18-10)9-16-8-6-5-7-14(3,4)13(15)17-19/h16,19H,5-9H2,1-4H3,(H2,15,17). The van der Waals surface area contributed by atoms with Gasteiger partial charge in [0.25, 0.3) is 0 Å². The minimum Gasteiger partial charge on any atom is -0.409 e. The fraction of sp³-hybridized carbons (Fsp3) is 0.714. The molecule has 0 saturated carbocycles. The van der Waals surface area contributed by atoms with Crippen molar-refractivity contribution in [3.63, 3.8) is 0 Å². The van der Waals surface area contributed by atoms with Crippen LogP contribution in [0, 0.1) is 19.3 Å². The van der Waals surface area contributed by atoms with Crippen LogP contribution >= 0.6 is 0 Å². The fourth-order valence-corrected chi connectivity index (χ4v) is 2.05. The number of oxime groups is 1. The normalized spacial score (nSPS) is 12.9. The van der Waals surface area contributed by atoms with Crippen LogP contribution < -0.4 is 11.1 Å². The molecule has 0 aliphatic carbocycles. The molecule has 6 nitrogen and oxygen atoms in total. The summed E-state index contributed by atoms with van der Waals surface area (Å²) in [7, 11) is 0. The van der Waals surface area contributed by atoms with Crippen molar-refractivity contribution in [1.29, 1.82) is 0 Å². The van der Waals surface area contributed by atoms with Crippen LogP contribution in [0.4, 0.5) is 0 Å². The summed E-state index contributed by atoms with van der Waals surface area (Å²) in [6.45, 7) is 9.56. The quantitative estimate of drug-likeness (QED) is 0.223. The van der Waals surface area contributed by atoms with Crippen molar-refractivity contribution >= 4 is 5.84 Å². The second kappa shape index (κ2) is 7.28. The lowest BCUT2D eigenvalue weighted by Crippen LogP contribution is -2.32. The SMILES string of the molecule is Cc1noc(C)c1CNCCCCC(C)(C)C(N)=NO. The van der Waals surface area contributed by atoms with E-state index in [-0.39, 0.29) is 5.41 Å². The van der Waals surface area contributed by atoms with Gasteiger partial charge in [-0.25, -0.2) is 0 Å². The first-order valence-electron chi connectivity index (χ1n) is 6.99. The third-order valence-corrected chi connectivity index (χ3v) is 3.69. The van der Waals surface area contributed by atoms with Crippen molar-refractivity contribution in [2.45, 2.75) is 53.5 Å². The molecule has 0 amide bonds. The van der Waals surface area contributed by atoms with Crippen LogP contribution in [0.15, 0.2) is 9.68 Å². The van der Waals surface area contributed by atoms with Crippen LogP contribution in [0.1, 0.15) is 50.1 Å². The minimum absolute atomic E-state index is 0.254. The lowest BCUT2D eigenvalue weighted by atomic mass is 9.86. The van der Waals surface area contributed by atoms with E-state index < -0.39 is 0 Å². The van der Waals surface area contributed by atoms with Gasteiger partial charge in [-0.1, -0.05) is 30.6 Å². The first kappa shape index (κ1) is 16.5. The number of hydrogen-bond donors (Lipinski definition) is 3. The van der Waals surface area contributed by atoms with E-state index in [0.717, 1.165) is 49.4 Å². The highest BCUT2D eigenvalue weighted by atomic mass is 16.5. The Balaban J connectivity index is 2.20. The Hall–Kier alpha value is -1.56. The molecule has 0 radical (unpaired) electrons. The Bertz CT molecular complexity index is 433. The maximum absolute atomic E-state index is 8.70. The molecule has 0 atom stereocenters. The van der Waals surface area contributed by atoms with Crippen molar-refractivity contribution in [1.82, 2.24) is 10.5 Å². The molecule has 0 aliphatic rings. The molecule has 0 aromatic carbocycles. The number of rotatable bonds is 8. The predicted octanol–water partition coefficient (Wildman–Crippen LogP) is 2.32. The summed E-state index contributed by atoms with van der Waals surface area (Å²) in [6, 6.07) is 0. The molecule has 1 rings (SSSR count). The fourth-order valence-electron chi connectivity index (χ4n) is 2.05. The Morgan fingerprint density at radius 2 is 2.10 bits per heavy atom. The number of nitrogens with two attached hydrogens (primary N) is 1. The van der Waals surface area contributed by atoms with E-state index in [0.29, 0.717) is 5.84 Å². The molecule has 0 unspecified atom stereocenters. The highest BCUT2D eigenvalue weighted by Gasteiger charge is 2.22. The largest absolute Gasteiger partial charge is 0.409 e. The smallest absolute Gasteiger partial charge is 0.144 e. The number of unbranched alkanes of at least 4 members (excludes halogenated alkanes) is 1. The Labute approximate surface area is 120 Å². The van der Waals surface area contributed by atoms with Gasteiger partial charge in [0.1, 0.15) is 11.6 Å². The molecule has 6 heteroatoms. The Kier molecular flexibility index (Phi) is 6.01. The number of nitrogens with one attached hydrogen (secondary N) is 1. The van der Waals surface area contributed by atoms with Gasteiger partial charge in [0.2, 0.25) is 0 Å². The van der Waals surface area contributed by atoms with E-state index in [4.69, 9.17) is 15.5 Å². The predicted molar refractivity (Wildman–Crippen MR) is 78.7 cm³/mol. The molecule has 1 aromatic heterocycles. The summed E-state index contributed by atoms with van der Waals surface area (Å²) >= 11 is 0. The average molecular weight is 282 g/mol. The van der Waals surface area contributed by atoms with Crippen LogP contribution in [0.2, 0.25) is 0 Å². The molecule has 1 aromatic rings. The van der Waals surface area contributed by atoms with Gasteiger partial charge in [-0.15, -0.1) is 0 Å². The van der Waals surface area contributed by atoms with Gasteiger partial charge in [-0.05, 0) is 33.2 Å². The summed E-state index contributed by atoms with van der Waals surface area (Å²) < 4.78 is 5.12. The maximum atomic E-state index is 8.70. The lowest BCUT2D eigenvalue weighted by Gasteiger charge is -2.22. The molecule has 0 saturated heterocycles. The lowest BCUT2D eigenvalue weighted by molar-refractivity contribution is 0.304. The molecule has 114 valence electrons. The van der Waals surface area contributed by atoms with Crippen molar-refractivity contribution in [2.75, 3.05) is 6.54 Å². The third-order valence-electron chi connectivity index (χ3n) is 3.69. The number of amidine groups is 1. The van der Waals surface area contributed by atoms with Crippen LogP contribution in [0.5, 0.6) is 0 Å². The molecular formula is C14H26N4O2. The van der Waals surface area contributed by atoms with Crippen molar-refractivity contribution in [3.05, 3.63) is 17.0 Å². The second-order valence-electron chi connectivity index (χ2n) is 5.81. The van der Waals surface area contributed by atoms with Crippen LogP contribution in [-0.2, 0) is 6.54 Å². The summed E-state index contributed by atoms with van der Waals surface area (Å²) in [5, 5.41) is 19.1. The Morgan fingerprint density at radius 3 is 2.65 bits per heavy atom. The van der Waals surface area contributed by atoms with Gasteiger partial charge < -0.3 is 20.8 Å². The van der Waals surface area contributed by atoms with Gasteiger partial charge in [0, 0.05) is 17.5 Å². The highest BCUT2D eigenvalue weighted by molar-refractivity contribution is 5.85. The van der Waals surface area contributed by atoms with Crippen LogP contribution in [0.3, 0.4) is 0 Å². The van der Waals surface area contributed by atoms with Gasteiger partial charge >= 0.3 is 0 Å². The number of hydrogen-bond acceptors (Lipinski definition) is 5. The van der Waals surface area contributed by atoms with E-state index in [1.807, 2.05) is 27.7 Å². The van der Waals surface area contributed by atoms with Crippen LogP contribution in [-0.4, -0.2) is 22.7 Å². The van der Waals surface area contributed by atoms with E-state index in [1.165, 1.54) is 0 Å². The monoisotopic (exact) mass is 282 g/mol. The number of aryl methyl sites for hydroxylation is 2. The molecule has 20 heavy (non-hydrogen) atoms. The van der Waals surface area contributed by atoms with Crippen molar-refractivity contribution in [2.24, 2.45) is 16.3 Å². The van der Waals surface area contributed by atoms with E-state index in [1.54, 1.807) is 0 Å². The molecule has 1 heterocycles. The number of nitrogens with zero attached hydrogens (tertiary/aromatic N) is 2. The van der Waals surface area contributed by atoms with E-state index in [9.17, 15) is 0 Å². The number of aromatic nitrogens is 1. The second-order valence-corrected chi connectivity index (χ2v) is 5.81. The minimum atomic E-state index is -0.254. The highest BCUT2D eigenvalue weighted by Crippen LogP contribution is 2.23. The zero-order valence-corrected chi connectivity index (χ0v) is 12.9. The topological polar surface area (TPSA) is 96.7 Å². The molecule has 0 spiro atoms. The van der Waals surface area contributed by atoms with Crippen molar-refractivity contribution in [3.8, 4) is 0 Å².